The van der Waals surface area contributed by atoms with Crippen LogP contribution in [0.15, 0.2) is 36.4 Å². The van der Waals surface area contributed by atoms with Crippen molar-refractivity contribution in [2.45, 2.75) is 20.3 Å². The Balaban J connectivity index is 2.11. The molecule has 4 nitrogen and oxygen atoms in total. The molecule has 3 N–H and O–H groups in total. The second-order valence-electron chi connectivity index (χ2n) is 4.86. The van der Waals surface area contributed by atoms with Crippen LogP contribution in [0.2, 0.25) is 0 Å². The zero-order chi connectivity index (χ0) is 14.5. The van der Waals surface area contributed by atoms with Crippen LogP contribution >= 0.6 is 0 Å². The number of amides is 1. The van der Waals surface area contributed by atoms with Gasteiger partial charge in [0.2, 0.25) is 0 Å². The Hall–Kier alpha value is -2.20. The average molecular weight is 269 g/mol. The fraction of sp³-hybridized carbons (Fsp3) is 0.250. The summed E-state index contributed by atoms with van der Waals surface area (Å²) in [5.74, 6) is 0.431. The van der Waals surface area contributed by atoms with Gasteiger partial charge in [0, 0.05) is 11.3 Å². The van der Waals surface area contributed by atoms with E-state index in [-0.39, 0.29) is 5.91 Å². The summed E-state index contributed by atoms with van der Waals surface area (Å²) in [5, 5.41) is 2.82. The molecule has 2 aromatic rings. The number of hydrogen-bond donors (Lipinski definition) is 2. The molecule has 20 heavy (non-hydrogen) atoms. The van der Waals surface area contributed by atoms with Crippen LogP contribution in [-0.4, -0.2) is 17.4 Å². The molecule has 0 radical (unpaired) electrons. The number of aryl methyl sites for hydroxylation is 2. The van der Waals surface area contributed by atoms with Crippen LogP contribution in [0.25, 0.3) is 0 Å². The number of rotatable bonds is 4. The average Bonchev–Trinajstić information content (AvgIpc) is 2.38. The van der Waals surface area contributed by atoms with Crippen LogP contribution in [0.4, 0.5) is 5.82 Å². The predicted molar refractivity (Wildman–Crippen MR) is 80.9 cm³/mol. The number of carbonyl (C=O) groups excluding carboxylic acids is 1. The topological polar surface area (TPSA) is 68.0 Å². The zero-order valence-corrected chi connectivity index (χ0v) is 11.8. The molecule has 0 aliphatic carbocycles. The summed E-state index contributed by atoms with van der Waals surface area (Å²) in [5.41, 5.74) is 9.21. The second-order valence-corrected chi connectivity index (χ2v) is 4.86. The molecule has 0 aliphatic heterocycles. The summed E-state index contributed by atoms with van der Waals surface area (Å²) in [4.78, 5) is 16.4. The molecule has 1 heterocycles. The van der Waals surface area contributed by atoms with Crippen molar-refractivity contribution < 1.29 is 4.79 Å². The van der Waals surface area contributed by atoms with Crippen LogP contribution < -0.4 is 11.1 Å². The number of benzene rings is 1. The van der Waals surface area contributed by atoms with E-state index in [1.54, 1.807) is 0 Å². The molecule has 0 aliphatic rings. The Bertz CT molecular complexity index is 585. The fourth-order valence-electron chi connectivity index (χ4n) is 2.08. The van der Waals surface area contributed by atoms with Gasteiger partial charge in [0.1, 0.15) is 5.82 Å². The zero-order valence-electron chi connectivity index (χ0n) is 11.8. The predicted octanol–water partition coefficient (Wildman–Crippen LogP) is 2.45. The summed E-state index contributed by atoms with van der Waals surface area (Å²) < 4.78 is 0. The first-order chi connectivity index (χ1) is 9.58. The van der Waals surface area contributed by atoms with Gasteiger partial charge in [-0.2, -0.15) is 0 Å². The lowest BCUT2D eigenvalue weighted by molar-refractivity contribution is 0.102. The number of hydrogen-bond acceptors (Lipinski definition) is 3. The number of nitrogens with one attached hydrogen (secondary N) is 1. The number of carbonyl (C=O) groups is 1. The van der Waals surface area contributed by atoms with Gasteiger partial charge < -0.3 is 11.1 Å². The summed E-state index contributed by atoms with van der Waals surface area (Å²) in [6, 6.07) is 11.3. The molecule has 4 heteroatoms. The summed E-state index contributed by atoms with van der Waals surface area (Å²) in [6.45, 7) is 4.49. The van der Waals surface area contributed by atoms with Crippen molar-refractivity contribution in [1.29, 1.82) is 0 Å². The van der Waals surface area contributed by atoms with Gasteiger partial charge in [0.05, 0.1) is 0 Å². The van der Waals surface area contributed by atoms with Crippen molar-refractivity contribution >= 4 is 11.7 Å². The maximum atomic E-state index is 12.1. The van der Waals surface area contributed by atoms with Gasteiger partial charge in [-0.3, -0.25) is 4.79 Å². The Kier molecular flexibility index (Phi) is 4.48. The van der Waals surface area contributed by atoms with E-state index in [1.165, 1.54) is 0 Å². The minimum Gasteiger partial charge on any atom is -0.330 e. The fourth-order valence-corrected chi connectivity index (χ4v) is 2.08. The molecule has 0 bridgehead atoms. The molecule has 0 fully saturated rings. The summed E-state index contributed by atoms with van der Waals surface area (Å²) >= 11 is 0. The first kappa shape index (κ1) is 14.2. The smallest absolute Gasteiger partial charge is 0.256 e. The van der Waals surface area contributed by atoms with Gasteiger partial charge in [0.25, 0.3) is 5.91 Å². The molecule has 1 aromatic heterocycles. The first-order valence-corrected chi connectivity index (χ1v) is 6.64. The highest BCUT2D eigenvalue weighted by molar-refractivity contribution is 6.03. The highest BCUT2D eigenvalue weighted by Gasteiger charge is 2.07. The molecule has 1 aromatic carbocycles. The van der Waals surface area contributed by atoms with E-state index < -0.39 is 0 Å². The summed E-state index contributed by atoms with van der Waals surface area (Å²) in [7, 11) is 0. The van der Waals surface area contributed by atoms with Crippen molar-refractivity contribution in [3.63, 3.8) is 0 Å². The molecule has 0 unspecified atom stereocenters. The third-order valence-electron chi connectivity index (χ3n) is 2.99. The van der Waals surface area contributed by atoms with Crippen molar-refractivity contribution in [3.05, 3.63) is 58.8 Å². The van der Waals surface area contributed by atoms with Gasteiger partial charge in [-0.15, -0.1) is 0 Å². The van der Waals surface area contributed by atoms with Crippen molar-refractivity contribution in [1.82, 2.24) is 4.98 Å². The quantitative estimate of drug-likeness (QED) is 0.895. The molecule has 2 rings (SSSR count). The minimum atomic E-state index is -0.151. The third-order valence-corrected chi connectivity index (χ3v) is 2.99. The number of anilines is 1. The van der Waals surface area contributed by atoms with Crippen molar-refractivity contribution in [2.75, 3.05) is 11.9 Å². The monoisotopic (exact) mass is 269 g/mol. The van der Waals surface area contributed by atoms with E-state index in [0.717, 1.165) is 23.2 Å². The van der Waals surface area contributed by atoms with Crippen LogP contribution in [0.3, 0.4) is 0 Å². The normalized spacial score (nSPS) is 10.3. The number of nitrogens with two attached hydrogens (primary N) is 1. The lowest BCUT2D eigenvalue weighted by atomic mass is 10.1. The van der Waals surface area contributed by atoms with Gasteiger partial charge in [-0.05, 0) is 62.2 Å². The molecule has 0 spiro atoms. The van der Waals surface area contributed by atoms with E-state index in [2.05, 4.69) is 10.3 Å². The largest absolute Gasteiger partial charge is 0.330 e. The van der Waals surface area contributed by atoms with Gasteiger partial charge in [-0.25, -0.2) is 4.98 Å². The Morgan fingerprint density at radius 3 is 2.50 bits per heavy atom. The number of aromatic nitrogens is 1. The van der Waals surface area contributed by atoms with E-state index in [0.29, 0.717) is 17.9 Å². The molecular weight excluding hydrogens is 250 g/mol. The highest BCUT2D eigenvalue weighted by Crippen LogP contribution is 2.11. The van der Waals surface area contributed by atoms with E-state index in [4.69, 9.17) is 5.73 Å². The lowest BCUT2D eigenvalue weighted by Gasteiger charge is -2.07. The molecule has 0 saturated carbocycles. The molecule has 0 saturated heterocycles. The van der Waals surface area contributed by atoms with Crippen LogP contribution in [0.1, 0.15) is 27.2 Å². The first-order valence-electron chi connectivity index (χ1n) is 6.64. The molecule has 104 valence electrons. The maximum Gasteiger partial charge on any atom is 0.256 e. The SMILES string of the molecule is Cc1cc(C)nc(NC(=O)c2ccc(CCN)cc2)c1. The number of pyridine rings is 1. The van der Waals surface area contributed by atoms with Crippen LogP contribution in [0.5, 0.6) is 0 Å². The maximum absolute atomic E-state index is 12.1. The van der Waals surface area contributed by atoms with Gasteiger partial charge in [-0.1, -0.05) is 12.1 Å². The Morgan fingerprint density at radius 1 is 1.20 bits per heavy atom. The number of nitrogens with zero attached hydrogens (tertiary/aromatic N) is 1. The molecule has 0 atom stereocenters. The molecular formula is C16H19N3O. The van der Waals surface area contributed by atoms with Crippen LogP contribution in [-0.2, 0) is 6.42 Å². The second kappa shape index (κ2) is 6.30. The van der Waals surface area contributed by atoms with Gasteiger partial charge in [0.15, 0.2) is 0 Å². The van der Waals surface area contributed by atoms with Crippen molar-refractivity contribution in [2.24, 2.45) is 5.73 Å². The Labute approximate surface area is 119 Å². The third kappa shape index (κ3) is 3.65. The van der Waals surface area contributed by atoms with E-state index in [9.17, 15) is 4.79 Å². The molecule has 1 amide bonds. The van der Waals surface area contributed by atoms with Crippen LogP contribution in [0, 0.1) is 13.8 Å². The minimum absolute atomic E-state index is 0.151. The van der Waals surface area contributed by atoms with E-state index in [1.807, 2.05) is 50.2 Å². The van der Waals surface area contributed by atoms with E-state index >= 15 is 0 Å². The standard InChI is InChI=1S/C16H19N3O/c1-11-9-12(2)18-15(10-11)19-16(20)14-5-3-13(4-6-14)7-8-17/h3-6,9-10H,7-8,17H2,1-2H3,(H,18,19,20). The summed E-state index contributed by atoms with van der Waals surface area (Å²) in [6.07, 6.45) is 0.820. The Morgan fingerprint density at radius 2 is 1.90 bits per heavy atom. The van der Waals surface area contributed by atoms with Crippen molar-refractivity contribution in [3.8, 4) is 0 Å². The van der Waals surface area contributed by atoms with Gasteiger partial charge >= 0.3 is 0 Å². The highest BCUT2D eigenvalue weighted by atomic mass is 16.1. The lowest BCUT2D eigenvalue weighted by Crippen LogP contribution is -2.13.